The number of hydrogen-bond acceptors (Lipinski definition) is 5. The van der Waals surface area contributed by atoms with Gasteiger partial charge in [0.15, 0.2) is 9.84 Å². The maximum absolute atomic E-state index is 11.5. The van der Waals surface area contributed by atoms with E-state index >= 15 is 0 Å². The molecule has 6 heteroatoms. The van der Waals surface area contributed by atoms with Crippen molar-refractivity contribution in [1.82, 2.24) is 4.90 Å². The summed E-state index contributed by atoms with van der Waals surface area (Å²) in [5.41, 5.74) is 3.72. The molecule has 0 atom stereocenters. The molecule has 0 unspecified atom stereocenters. The fourth-order valence-electron chi connectivity index (χ4n) is 2.39. The van der Waals surface area contributed by atoms with Crippen molar-refractivity contribution in [2.24, 2.45) is 0 Å². The lowest BCUT2D eigenvalue weighted by Crippen LogP contribution is -2.40. The maximum Gasteiger partial charge on any atom is 0.152 e. The van der Waals surface area contributed by atoms with Crippen molar-refractivity contribution < 1.29 is 8.42 Å². The van der Waals surface area contributed by atoms with Crippen LogP contribution in [0.2, 0.25) is 0 Å². The van der Waals surface area contributed by atoms with Crippen LogP contribution < -0.4 is 0 Å². The van der Waals surface area contributed by atoms with Gasteiger partial charge in [0.1, 0.15) is 0 Å². The summed E-state index contributed by atoms with van der Waals surface area (Å²) < 4.78 is 22.9. The Bertz CT molecular complexity index is 650. The predicted octanol–water partition coefficient (Wildman–Crippen LogP) is 2.97. The van der Waals surface area contributed by atoms with Gasteiger partial charge in [-0.3, -0.25) is 4.90 Å². The van der Waals surface area contributed by atoms with Crippen molar-refractivity contribution in [2.75, 3.05) is 31.1 Å². The number of thiophene rings is 2. The van der Waals surface area contributed by atoms with Crippen molar-refractivity contribution in [2.45, 2.75) is 0 Å². The summed E-state index contributed by atoms with van der Waals surface area (Å²) in [5, 5.41) is 8.49. The lowest BCUT2D eigenvalue weighted by atomic mass is 10.0. The molecular formula is C15H17NO2S3. The molecule has 0 aromatic carbocycles. The van der Waals surface area contributed by atoms with Crippen molar-refractivity contribution >= 4 is 38.1 Å². The van der Waals surface area contributed by atoms with Gasteiger partial charge in [0.05, 0.1) is 11.5 Å². The molecule has 3 rings (SSSR count). The van der Waals surface area contributed by atoms with E-state index < -0.39 is 9.84 Å². The second-order valence-electron chi connectivity index (χ2n) is 5.09. The Morgan fingerprint density at radius 3 is 2.14 bits per heavy atom. The zero-order valence-corrected chi connectivity index (χ0v) is 14.0. The van der Waals surface area contributed by atoms with Gasteiger partial charge in [-0.2, -0.15) is 22.7 Å². The van der Waals surface area contributed by atoms with E-state index in [4.69, 9.17) is 0 Å². The van der Waals surface area contributed by atoms with Crippen molar-refractivity contribution in [3.63, 3.8) is 0 Å². The molecule has 0 radical (unpaired) electrons. The molecule has 3 nitrogen and oxygen atoms in total. The zero-order valence-electron chi connectivity index (χ0n) is 11.6. The smallest absolute Gasteiger partial charge is 0.152 e. The third-order valence-electron chi connectivity index (χ3n) is 3.66. The van der Waals surface area contributed by atoms with E-state index in [2.05, 4.69) is 44.6 Å². The number of rotatable bonds is 4. The van der Waals surface area contributed by atoms with E-state index in [1.165, 1.54) is 16.7 Å². The first-order chi connectivity index (χ1) is 10.1. The highest BCUT2D eigenvalue weighted by Crippen LogP contribution is 2.27. The molecular weight excluding hydrogens is 322 g/mol. The Morgan fingerprint density at radius 2 is 1.67 bits per heavy atom. The predicted molar refractivity (Wildman–Crippen MR) is 90.8 cm³/mol. The van der Waals surface area contributed by atoms with Gasteiger partial charge in [0, 0.05) is 19.6 Å². The Labute approximate surface area is 133 Å². The Balaban J connectivity index is 1.75. The molecule has 3 heterocycles. The van der Waals surface area contributed by atoms with Crippen LogP contribution in [0.15, 0.2) is 39.7 Å². The highest BCUT2D eigenvalue weighted by molar-refractivity contribution is 7.91. The van der Waals surface area contributed by atoms with Gasteiger partial charge in [-0.25, -0.2) is 8.42 Å². The zero-order chi connectivity index (χ0) is 14.7. The normalized spacial score (nSPS) is 18.5. The summed E-state index contributed by atoms with van der Waals surface area (Å²) in [7, 11) is -2.80. The monoisotopic (exact) mass is 339 g/mol. The lowest BCUT2D eigenvalue weighted by molar-refractivity contribution is 0.327. The van der Waals surface area contributed by atoms with Crippen LogP contribution in [-0.2, 0) is 9.84 Å². The van der Waals surface area contributed by atoms with Crippen LogP contribution in [0, 0.1) is 0 Å². The highest BCUT2D eigenvalue weighted by atomic mass is 32.2. The van der Waals surface area contributed by atoms with E-state index in [-0.39, 0.29) is 11.5 Å². The fraction of sp³-hybridized carbons (Fsp3) is 0.333. The molecule has 0 bridgehead atoms. The van der Waals surface area contributed by atoms with Crippen molar-refractivity contribution in [1.29, 1.82) is 0 Å². The first kappa shape index (κ1) is 15.0. The highest BCUT2D eigenvalue weighted by Gasteiger charge is 2.20. The molecule has 0 N–H and O–H groups in total. The van der Waals surface area contributed by atoms with Crippen LogP contribution in [0.4, 0.5) is 0 Å². The van der Waals surface area contributed by atoms with Gasteiger partial charge < -0.3 is 0 Å². The van der Waals surface area contributed by atoms with Gasteiger partial charge in [0.2, 0.25) is 0 Å². The second kappa shape index (κ2) is 6.44. The van der Waals surface area contributed by atoms with E-state index in [0.29, 0.717) is 13.1 Å². The van der Waals surface area contributed by atoms with Gasteiger partial charge in [-0.15, -0.1) is 0 Å². The molecule has 1 saturated heterocycles. The van der Waals surface area contributed by atoms with E-state index in [1.807, 2.05) is 0 Å². The van der Waals surface area contributed by atoms with Gasteiger partial charge in [-0.1, -0.05) is 6.08 Å². The largest absolute Gasteiger partial charge is 0.298 e. The van der Waals surface area contributed by atoms with Crippen LogP contribution in [-0.4, -0.2) is 44.5 Å². The third-order valence-corrected chi connectivity index (χ3v) is 6.63. The summed E-state index contributed by atoms with van der Waals surface area (Å²) in [5.74, 6) is 0.570. The second-order valence-corrected chi connectivity index (χ2v) is 8.96. The Hall–Kier alpha value is -0.950. The van der Waals surface area contributed by atoms with Crippen LogP contribution >= 0.6 is 22.7 Å². The summed E-state index contributed by atoms with van der Waals surface area (Å²) in [6.07, 6.45) is 2.22. The van der Waals surface area contributed by atoms with Gasteiger partial charge in [0.25, 0.3) is 0 Å². The molecule has 0 saturated carbocycles. The van der Waals surface area contributed by atoms with Crippen LogP contribution in [0.1, 0.15) is 11.1 Å². The van der Waals surface area contributed by atoms with Crippen LogP contribution in [0.25, 0.3) is 5.57 Å². The molecule has 1 aliphatic rings. The molecule has 112 valence electrons. The van der Waals surface area contributed by atoms with E-state index in [1.54, 1.807) is 22.7 Å². The minimum Gasteiger partial charge on any atom is -0.298 e. The molecule has 0 spiro atoms. The minimum absolute atomic E-state index is 0.285. The third kappa shape index (κ3) is 3.83. The van der Waals surface area contributed by atoms with Gasteiger partial charge >= 0.3 is 0 Å². The summed E-state index contributed by atoms with van der Waals surface area (Å²) in [6.45, 7) is 2.08. The summed E-state index contributed by atoms with van der Waals surface area (Å²) in [6, 6.07) is 4.27. The average Bonchev–Trinajstić information content (AvgIpc) is 3.14. The molecule has 21 heavy (non-hydrogen) atoms. The number of hydrogen-bond donors (Lipinski definition) is 0. The Kier molecular flexibility index (Phi) is 4.59. The average molecular weight is 340 g/mol. The van der Waals surface area contributed by atoms with Crippen LogP contribution in [0.3, 0.4) is 0 Å². The minimum atomic E-state index is -2.80. The van der Waals surface area contributed by atoms with E-state index in [0.717, 1.165) is 6.54 Å². The molecule has 0 amide bonds. The SMILES string of the molecule is O=S1(=O)CCN(CC=C(c2ccsc2)c2ccsc2)CC1. The molecule has 0 aliphatic carbocycles. The molecule has 2 aromatic heterocycles. The fourth-order valence-corrected chi connectivity index (χ4v) is 4.98. The first-order valence-corrected chi connectivity index (χ1v) is 10.5. The number of sulfone groups is 1. The molecule has 1 fully saturated rings. The number of nitrogens with zero attached hydrogens (tertiary/aromatic N) is 1. The van der Waals surface area contributed by atoms with E-state index in [9.17, 15) is 8.42 Å². The van der Waals surface area contributed by atoms with Crippen molar-refractivity contribution in [3.8, 4) is 0 Å². The molecule has 1 aliphatic heterocycles. The topological polar surface area (TPSA) is 37.4 Å². The lowest BCUT2D eigenvalue weighted by Gasteiger charge is -2.25. The van der Waals surface area contributed by atoms with Gasteiger partial charge in [-0.05, 0) is 50.4 Å². The Morgan fingerprint density at radius 1 is 1.10 bits per heavy atom. The first-order valence-electron chi connectivity index (χ1n) is 6.82. The van der Waals surface area contributed by atoms with Crippen molar-refractivity contribution in [3.05, 3.63) is 50.9 Å². The summed E-state index contributed by atoms with van der Waals surface area (Å²) in [4.78, 5) is 2.21. The standard InChI is InChI=1S/C15H17NO2S3/c17-21(18)9-5-16(6-10-21)4-1-15(13-2-7-19-11-13)14-3-8-20-12-14/h1-3,7-8,11-12H,4-6,9-10H2. The summed E-state index contributed by atoms with van der Waals surface area (Å²) >= 11 is 3.39. The van der Waals surface area contributed by atoms with Crippen LogP contribution in [0.5, 0.6) is 0 Å². The quantitative estimate of drug-likeness (QED) is 0.859. The molecule has 2 aromatic rings. The maximum atomic E-state index is 11.5.